The lowest BCUT2D eigenvalue weighted by atomic mass is 10.0. The lowest BCUT2D eigenvalue weighted by Gasteiger charge is -2.28. The zero-order chi connectivity index (χ0) is 24.1. The molecule has 8 nitrogen and oxygen atoms in total. The number of methoxy groups -OCH3 is 1. The quantitative estimate of drug-likeness (QED) is 0.288. The molecule has 1 heterocycles. The molecule has 1 aromatic heterocycles. The maximum absolute atomic E-state index is 13.6. The summed E-state index contributed by atoms with van der Waals surface area (Å²) in [5.74, 6) is -0.924. The fourth-order valence-corrected chi connectivity index (χ4v) is 5.44. The van der Waals surface area contributed by atoms with Crippen LogP contribution in [0.1, 0.15) is 52.4 Å². The summed E-state index contributed by atoms with van der Waals surface area (Å²) in [7, 11) is -0.976. The van der Waals surface area contributed by atoms with Gasteiger partial charge in [-0.05, 0) is 51.8 Å². The lowest BCUT2D eigenvalue weighted by Crippen LogP contribution is -2.44. The number of rotatable bonds is 11. The van der Waals surface area contributed by atoms with Crippen molar-refractivity contribution in [3.63, 3.8) is 0 Å². The molecule has 0 aliphatic carbocycles. The second kappa shape index (κ2) is 10.9. The van der Waals surface area contributed by atoms with Crippen molar-refractivity contribution in [2.45, 2.75) is 45.1 Å². The number of Topliss-reactive ketones (excluding diaryl/α,β-unsaturated/α-hetero) is 1. The number of esters is 1. The lowest BCUT2D eigenvalue weighted by molar-refractivity contribution is 0.0588. The second-order valence-corrected chi connectivity index (χ2v) is 9.39. The van der Waals surface area contributed by atoms with Gasteiger partial charge < -0.3 is 14.0 Å². The fourth-order valence-electron chi connectivity index (χ4n) is 3.78. The number of hydrogen-bond donors (Lipinski definition) is 0. The van der Waals surface area contributed by atoms with Crippen LogP contribution in [0.4, 0.5) is 0 Å². The van der Waals surface area contributed by atoms with E-state index in [0.29, 0.717) is 36.5 Å². The minimum atomic E-state index is -3.93. The number of benzene rings is 1. The Bertz CT molecular complexity index is 1060. The summed E-state index contributed by atoms with van der Waals surface area (Å²) in [6.45, 7) is 7.87. The van der Waals surface area contributed by atoms with E-state index in [9.17, 15) is 18.0 Å². The highest BCUT2D eigenvalue weighted by atomic mass is 32.2. The van der Waals surface area contributed by atoms with Crippen LogP contribution in [-0.2, 0) is 26.5 Å². The largest absolute Gasteiger partial charge is 0.464 e. The third-order valence-corrected chi connectivity index (χ3v) is 7.57. The molecule has 0 bridgehead atoms. The van der Waals surface area contributed by atoms with Gasteiger partial charge in [0.2, 0.25) is 10.0 Å². The molecule has 0 fully saturated rings. The predicted molar refractivity (Wildman–Crippen MR) is 121 cm³/mol. The Hall–Kier alpha value is -2.49. The molecule has 0 amide bonds. The Balaban J connectivity index is 2.49. The number of hydrogen-bond acceptors (Lipinski definition) is 6. The predicted octanol–water partition coefficient (Wildman–Crippen LogP) is 3.12. The van der Waals surface area contributed by atoms with Crippen LogP contribution in [0.2, 0.25) is 0 Å². The van der Waals surface area contributed by atoms with Gasteiger partial charge in [0.25, 0.3) is 0 Å². The Morgan fingerprint density at radius 2 is 1.78 bits per heavy atom. The van der Waals surface area contributed by atoms with E-state index in [1.165, 1.54) is 23.5 Å². The minimum absolute atomic E-state index is 0.118. The van der Waals surface area contributed by atoms with Gasteiger partial charge in [0.05, 0.1) is 18.0 Å². The Labute approximate surface area is 190 Å². The topological polar surface area (TPSA) is 94.9 Å². The maximum Gasteiger partial charge on any atom is 0.354 e. The standard InChI is InChI=1S/C23H32N2O6S/c1-7-31-15-11-14-25(32(28,29)19-12-9-8-10-13-19)18(4)22(26)20-16(2)21(23(27)30-6)24(5)17(20)3/h8-10,12-13,18H,7,11,14-15H2,1-6H3. The van der Waals surface area contributed by atoms with Gasteiger partial charge in [0.15, 0.2) is 5.78 Å². The van der Waals surface area contributed by atoms with E-state index < -0.39 is 22.0 Å². The summed E-state index contributed by atoms with van der Waals surface area (Å²) < 4.78 is 39.9. The van der Waals surface area contributed by atoms with Crippen LogP contribution in [-0.4, -0.2) is 62.0 Å². The second-order valence-electron chi connectivity index (χ2n) is 7.50. The van der Waals surface area contributed by atoms with Crippen LogP contribution in [0.25, 0.3) is 0 Å². The highest BCUT2D eigenvalue weighted by Gasteiger charge is 2.36. The van der Waals surface area contributed by atoms with Crippen LogP contribution in [0.3, 0.4) is 0 Å². The molecule has 0 saturated carbocycles. The third kappa shape index (κ3) is 5.11. The number of sulfonamides is 1. The van der Waals surface area contributed by atoms with E-state index in [1.807, 2.05) is 6.92 Å². The van der Waals surface area contributed by atoms with E-state index >= 15 is 0 Å². The summed E-state index contributed by atoms with van der Waals surface area (Å²) in [6.07, 6.45) is 0.442. The van der Waals surface area contributed by atoms with Crippen LogP contribution in [0.5, 0.6) is 0 Å². The van der Waals surface area contributed by atoms with Crippen molar-refractivity contribution < 1.29 is 27.5 Å². The summed E-state index contributed by atoms with van der Waals surface area (Å²) in [5, 5.41) is 0. The van der Waals surface area contributed by atoms with Gasteiger partial charge in [-0.15, -0.1) is 0 Å². The van der Waals surface area contributed by atoms with Crippen LogP contribution in [0, 0.1) is 13.8 Å². The van der Waals surface area contributed by atoms with Crippen molar-refractivity contribution in [3.8, 4) is 0 Å². The van der Waals surface area contributed by atoms with E-state index in [0.717, 1.165) is 0 Å². The number of aromatic nitrogens is 1. The Kier molecular flexibility index (Phi) is 8.77. The first kappa shape index (κ1) is 25.8. The molecule has 1 aromatic carbocycles. The molecule has 0 N–H and O–H groups in total. The first-order chi connectivity index (χ1) is 15.1. The molecule has 0 aliphatic heterocycles. The molecule has 0 spiro atoms. The number of ether oxygens (including phenoxy) is 2. The summed E-state index contributed by atoms with van der Waals surface area (Å²) in [5.41, 5.74) is 1.65. The average Bonchev–Trinajstić information content (AvgIpc) is 3.00. The maximum atomic E-state index is 13.6. The van der Waals surface area contributed by atoms with Crippen molar-refractivity contribution in [2.24, 2.45) is 7.05 Å². The van der Waals surface area contributed by atoms with Gasteiger partial charge in [0.1, 0.15) is 5.69 Å². The van der Waals surface area contributed by atoms with Crippen molar-refractivity contribution in [1.82, 2.24) is 8.87 Å². The molecule has 0 radical (unpaired) electrons. The Morgan fingerprint density at radius 3 is 2.34 bits per heavy atom. The van der Waals surface area contributed by atoms with Crippen LogP contribution >= 0.6 is 0 Å². The number of carbonyl (C=O) groups is 2. The SMILES string of the molecule is CCOCCCN(C(C)C(=O)c1c(C)c(C(=O)OC)n(C)c1C)S(=O)(=O)c1ccccc1. The molecule has 176 valence electrons. The third-order valence-electron chi connectivity index (χ3n) is 5.59. The summed E-state index contributed by atoms with van der Waals surface area (Å²) in [4.78, 5) is 25.9. The molecule has 1 unspecified atom stereocenters. The Morgan fingerprint density at radius 1 is 1.16 bits per heavy atom. The molecule has 9 heteroatoms. The number of carbonyl (C=O) groups excluding carboxylic acids is 2. The van der Waals surface area contributed by atoms with Crippen molar-refractivity contribution >= 4 is 21.8 Å². The van der Waals surface area contributed by atoms with Crippen molar-refractivity contribution in [3.05, 3.63) is 52.8 Å². The first-order valence-electron chi connectivity index (χ1n) is 10.5. The molecule has 1 atom stereocenters. The summed E-state index contributed by atoms with van der Waals surface area (Å²) in [6, 6.07) is 7.06. The van der Waals surface area contributed by atoms with Gasteiger partial charge in [-0.25, -0.2) is 13.2 Å². The van der Waals surface area contributed by atoms with Crippen molar-refractivity contribution in [1.29, 1.82) is 0 Å². The first-order valence-corrected chi connectivity index (χ1v) is 12.0. The van der Waals surface area contributed by atoms with Crippen LogP contribution < -0.4 is 0 Å². The van der Waals surface area contributed by atoms with Gasteiger partial charge in [-0.1, -0.05) is 18.2 Å². The van der Waals surface area contributed by atoms with E-state index in [2.05, 4.69) is 0 Å². The summed E-state index contributed by atoms with van der Waals surface area (Å²) >= 11 is 0. The zero-order valence-corrected chi connectivity index (χ0v) is 20.4. The molecule has 0 aliphatic rings. The molecule has 0 saturated heterocycles. The molecule has 2 rings (SSSR count). The molecule has 32 heavy (non-hydrogen) atoms. The fraction of sp³-hybridized carbons (Fsp3) is 0.478. The van der Waals surface area contributed by atoms with E-state index in [1.54, 1.807) is 50.6 Å². The van der Waals surface area contributed by atoms with E-state index in [-0.39, 0.29) is 22.9 Å². The molecule has 2 aromatic rings. The molecular formula is C23H32N2O6S. The highest BCUT2D eigenvalue weighted by Crippen LogP contribution is 2.27. The van der Waals surface area contributed by atoms with Crippen LogP contribution in [0.15, 0.2) is 35.2 Å². The highest BCUT2D eigenvalue weighted by molar-refractivity contribution is 7.89. The zero-order valence-electron chi connectivity index (χ0n) is 19.5. The van der Waals surface area contributed by atoms with E-state index in [4.69, 9.17) is 9.47 Å². The van der Waals surface area contributed by atoms with Gasteiger partial charge >= 0.3 is 5.97 Å². The van der Waals surface area contributed by atoms with Crippen molar-refractivity contribution in [2.75, 3.05) is 26.9 Å². The van der Waals surface area contributed by atoms with Gasteiger partial charge in [-0.2, -0.15) is 4.31 Å². The average molecular weight is 465 g/mol. The number of ketones is 1. The van der Waals surface area contributed by atoms with Gasteiger partial charge in [-0.3, -0.25) is 4.79 Å². The molecular weight excluding hydrogens is 432 g/mol. The minimum Gasteiger partial charge on any atom is -0.464 e. The smallest absolute Gasteiger partial charge is 0.354 e. The van der Waals surface area contributed by atoms with Gasteiger partial charge in [0, 0.05) is 38.1 Å². The monoisotopic (exact) mass is 464 g/mol. The normalized spacial score (nSPS) is 12.7. The number of nitrogens with zero attached hydrogens (tertiary/aromatic N) is 2.